The standard InChI is InChI=1S/C15H25N3O3/c1-6-12-11(9-17-18(12)15(3,4)5)14(21)16-8-10(2)7-13(19)20/h9-10H,6-8H2,1-5H3,(H,16,21)(H,19,20). The van der Waals surface area contributed by atoms with Gasteiger partial charge in [0.1, 0.15) is 0 Å². The van der Waals surface area contributed by atoms with Crippen LogP contribution in [-0.4, -0.2) is 33.3 Å². The zero-order valence-electron chi connectivity index (χ0n) is 13.4. The van der Waals surface area contributed by atoms with E-state index >= 15 is 0 Å². The molecule has 2 N–H and O–H groups in total. The number of carboxylic acids is 1. The van der Waals surface area contributed by atoms with E-state index in [1.54, 1.807) is 13.1 Å². The van der Waals surface area contributed by atoms with Crippen molar-refractivity contribution in [3.8, 4) is 0 Å². The first-order valence-electron chi connectivity index (χ1n) is 7.24. The molecule has 0 aliphatic heterocycles. The highest BCUT2D eigenvalue weighted by molar-refractivity contribution is 5.95. The third-order valence-corrected chi connectivity index (χ3v) is 3.22. The Hall–Kier alpha value is -1.85. The summed E-state index contributed by atoms with van der Waals surface area (Å²) in [5.74, 6) is -1.15. The summed E-state index contributed by atoms with van der Waals surface area (Å²) < 4.78 is 1.86. The lowest BCUT2D eigenvalue weighted by Crippen LogP contribution is -2.30. The zero-order chi connectivity index (χ0) is 16.2. The number of carbonyl (C=O) groups is 2. The average molecular weight is 295 g/mol. The normalized spacial score (nSPS) is 13.0. The molecule has 1 rings (SSSR count). The summed E-state index contributed by atoms with van der Waals surface area (Å²) in [4.78, 5) is 22.9. The molecule has 1 heterocycles. The summed E-state index contributed by atoms with van der Waals surface area (Å²) in [5, 5.41) is 15.8. The second-order valence-corrected chi connectivity index (χ2v) is 6.35. The van der Waals surface area contributed by atoms with Crippen LogP contribution in [0.3, 0.4) is 0 Å². The number of hydrogen-bond donors (Lipinski definition) is 2. The van der Waals surface area contributed by atoms with E-state index in [1.165, 1.54) is 0 Å². The minimum atomic E-state index is -0.855. The first kappa shape index (κ1) is 17.2. The summed E-state index contributed by atoms with van der Waals surface area (Å²) >= 11 is 0. The predicted molar refractivity (Wildman–Crippen MR) is 80.4 cm³/mol. The Labute approximate surface area is 125 Å². The van der Waals surface area contributed by atoms with E-state index in [-0.39, 0.29) is 23.8 Å². The largest absolute Gasteiger partial charge is 0.481 e. The number of rotatable bonds is 6. The number of carbonyl (C=O) groups excluding carboxylic acids is 1. The summed E-state index contributed by atoms with van der Waals surface area (Å²) in [6, 6.07) is 0. The van der Waals surface area contributed by atoms with Gasteiger partial charge < -0.3 is 10.4 Å². The average Bonchev–Trinajstić information content (AvgIpc) is 2.78. The number of carboxylic acid groups (broad SMARTS) is 1. The van der Waals surface area contributed by atoms with Gasteiger partial charge in [-0.3, -0.25) is 14.3 Å². The lowest BCUT2D eigenvalue weighted by molar-refractivity contribution is -0.137. The molecule has 0 radical (unpaired) electrons. The Morgan fingerprint density at radius 2 is 2.05 bits per heavy atom. The Morgan fingerprint density at radius 1 is 1.43 bits per heavy atom. The van der Waals surface area contributed by atoms with Gasteiger partial charge >= 0.3 is 5.97 Å². The van der Waals surface area contributed by atoms with Crippen LogP contribution in [0.15, 0.2) is 6.20 Å². The van der Waals surface area contributed by atoms with Crippen LogP contribution >= 0.6 is 0 Å². The fourth-order valence-corrected chi connectivity index (χ4v) is 2.21. The molecule has 0 saturated carbocycles. The van der Waals surface area contributed by atoms with Crippen molar-refractivity contribution in [1.29, 1.82) is 0 Å². The Kier molecular flexibility index (Phi) is 5.52. The number of aliphatic carboxylic acids is 1. The Balaban J connectivity index is 2.80. The van der Waals surface area contributed by atoms with E-state index in [0.29, 0.717) is 18.5 Å². The van der Waals surface area contributed by atoms with Crippen molar-refractivity contribution in [3.05, 3.63) is 17.5 Å². The molecular weight excluding hydrogens is 270 g/mol. The van der Waals surface area contributed by atoms with Crippen LogP contribution in [0.5, 0.6) is 0 Å². The van der Waals surface area contributed by atoms with Crippen LogP contribution in [0.25, 0.3) is 0 Å². The number of amides is 1. The summed E-state index contributed by atoms with van der Waals surface area (Å²) in [6.07, 6.45) is 2.34. The predicted octanol–water partition coefficient (Wildman–Crippen LogP) is 2.04. The topological polar surface area (TPSA) is 84.2 Å². The minimum absolute atomic E-state index is 0.0438. The van der Waals surface area contributed by atoms with Gasteiger partial charge in [-0.2, -0.15) is 5.10 Å². The maximum Gasteiger partial charge on any atom is 0.303 e. The summed E-state index contributed by atoms with van der Waals surface area (Å²) in [7, 11) is 0. The smallest absolute Gasteiger partial charge is 0.303 e. The van der Waals surface area contributed by atoms with Gasteiger partial charge in [-0.05, 0) is 33.1 Å². The zero-order valence-corrected chi connectivity index (χ0v) is 13.4. The van der Waals surface area contributed by atoms with Crippen molar-refractivity contribution in [2.75, 3.05) is 6.54 Å². The molecule has 1 amide bonds. The molecule has 0 aromatic carbocycles. The van der Waals surface area contributed by atoms with Gasteiger partial charge in [-0.15, -0.1) is 0 Å². The molecule has 118 valence electrons. The third-order valence-electron chi connectivity index (χ3n) is 3.22. The minimum Gasteiger partial charge on any atom is -0.481 e. The lowest BCUT2D eigenvalue weighted by atomic mass is 10.1. The molecule has 0 bridgehead atoms. The van der Waals surface area contributed by atoms with Gasteiger partial charge in [0, 0.05) is 13.0 Å². The number of aromatic nitrogens is 2. The summed E-state index contributed by atoms with van der Waals surface area (Å²) in [6.45, 7) is 10.2. The van der Waals surface area contributed by atoms with Gasteiger partial charge in [0.2, 0.25) is 0 Å². The molecule has 0 saturated heterocycles. The van der Waals surface area contributed by atoms with E-state index in [2.05, 4.69) is 10.4 Å². The summed E-state index contributed by atoms with van der Waals surface area (Å²) in [5.41, 5.74) is 1.28. The molecule has 6 heteroatoms. The van der Waals surface area contributed by atoms with Gasteiger partial charge in [0.05, 0.1) is 23.0 Å². The molecule has 0 spiro atoms. The highest BCUT2D eigenvalue weighted by Gasteiger charge is 2.23. The maximum atomic E-state index is 12.2. The third kappa shape index (κ3) is 4.58. The fourth-order valence-electron chi connectivity index (χ4n) is 2.21. The van der Waals surface area contributed by atoms with Crippen molar-refractivity contribution in [1.82, 2.24) is 15.1 Å². The van der Waals surface area contributed by atoms with Crippen molar-refractivity contribution in [3.63, 3.8) is 0 Å². The maximum absolute atomic E-state index is 12.2. The molecule has 0 aliphatic rings. The molecule has 1 aromatic heterocycles. The van der Waals surface area contributed by atoms with E-state index < -0.39 is 5.97 Å². The Bertz CT molecular complexity index is 515. The fraction of sp³-hybridized carbons (Fsp3) is 0.667. The molecule has 21 heavy (non-hydrogen) atoms. The number of hydrogen-bond acceptors (Lipinski definition) is 3. The molecule has 1 unspecified atom stereocenters. The highest BCUT2D eigenvalue weighted by Crippen LogP contribution is 2.19. The lowest BCUT2D eigenvalue weighted by Gasteiger charge is -2.22. The SMILES string of the molecule is CCc1c(C(=O)NCC(C)CC(=O)O)cnn1C(C)(C)C. The van der Waals surface area contributed by atoms with Crippen molar-refractivity contribution in [2.45, 2.75) is 53.0 Å². The monoisotopic (exact) mass is 295 g/mol. The molecule has 6 nitrogen and oxygen atoms in total. The van der Waals surface area contributed by atoms with E-state index in [4.69, 9.17) is 5.11 Å². The van der Waals surface area contributed by atoms with Crippen LogP contribution in [-0.2, 0) is 16.8 Å². The van der Waals surface area contributed by atoms with E-state index in [1.807, 2.05) is 32.4 Å². The first-order valence-corrected chi connectivity index (χ1v) is 7.24. The van der Waals surface area contributed by atoms with Crippen molar-refractivity contribution in [2.24, 2.45) is 5.92 Å². The Morgan fingerprint density at radius 3 is 2.52 bits per heavy atom. The van der Waals surface area contributed by atoms with Crippen LogP contribution < -0.4 is 5.32 Å². The van der Waals surface area contributed by atoms with E-state index in [0.717, 1.165) is 5.69 Å². The number of nitrogens with one attached hydrogen (secondary N) is 1. The van der Waals surface area contributed by atoms with Gasteiger partial charge in [-0.25, -0.2) is 0 Å². The van der Waals surface area contributed by atoms with Crippen LogP contribution in [0.4, 0.5) is 0 Å². The second kappa shape index (κ2) is 6.74. The highest BCUT2D eigenvalue weighted by atomic mass is 16.4. The van der Waals surface area contributed by atoms with E-state index in [9.17, 15) is 9.59 Å². The van der Waals surface area contributed by atoms with Gasteiger partial charge in [-0.1, -0.05) is 13.8 Å². The molecule has 0 aliphatic carbocycles. The van der Waals surface area contributed by atoms with Crippen LogP contribution in [0.2, 0.25) is 0 Å². The van der Waals surface area contributed by atoms with Crippen molar-refractivity contribution < 1.29 is 14.7 Å². The van der Waals surface area contributed by atoms with Gasteiger partial charge in [0.15, 0.2) is 0 Å². The molecular formula is C15H25N3O3. The van der Waals surface area contributed by atoms with Crippen LogP contribution in [0, 0.1) is 5.92 Å². The molecule has 1 aromatic rings. The van der Waals surface area contributed by atoms with Gasteiger partial charge in [0.25, 0.3) is 5.91 Å². The van der Waals surface area contributed by atoms with Crippen LogP contribution in [0.1, 0.15) is 57.1 Å². The molecule has 1 atom stereocenters. The van der Waals surface area contributed by atoms with Crippen molar-refractivity contribution >= 4 is 11.9 Å². The first-order chi connectivity index (χ1) is 9.66. The number of nitrogens with zero attached hydrogens (tertiary/aromatic N) is 2. The second-order valence-electron chi connectivity index (χ2n) is 6.35. The molecule has 0 fully saturated rings. The quantitative estimate of drug-likeness (QED) is 0.841.